The van der Waals surface area contributed by atoms with E-state index in [1.54, 1.807) is 0 Å². The Hall–Kier alpha value is -2.20. The van der Waals surface area contributed by atoms with Crippen LogP contribution in [-0.2, 0) is 43.0 Å². The second-order valence-corrected chi connectivity index (χ2v) is 5.14. The van der Waals surface area contributed by atoms with Crippen LogP contribution in [0.25, 0.3) is 0 Å². The van der Waals surface area contributed by atoms with E-state index in [9.17, 15) is 19.2 Å². The van der Waals surface area contributed by atoms with Gasteiger partial charge < -0.3 is 18.9 Å². The van der Waals surface area contributed by atoms with E-state index in [2.05, 4.69) is 5.48 Å². The number of hydrogen-bond donors (Lipinski definition) is 1. The van der Waals surface area contributed by atoms with Gasteiger partial charge in [-0.25, -0.2) is 10.3 Å². The molecular formula is C14H21NO9. The highest BCUT2D eigenvalue weighted by atomic mass is 16.8. The molecule has 1 heterocycles. The van der Waals surface area contributed by atoms with Crippen LogP contribution in [0.5, 0.6) is 0 Å². The summed E-state index contributed by atoms with van der Waals surface area (Å²) < 4.78 is 20.7. The summed E-state index contributed by atoms with van der Waals surface area (Å²) in [6.45, 7) is 4.59. The van der Waals surface area contributed by atoms with Gasteiger partial charge in [-0.2, -0.15) is 0 Å². The lowest BCUT2D eigenvalue weighted by molar-refractivity contribution is -0.278. The van der Waals surface area contributed by atoms with Gasteiger partial charge in [0.15, 0.2) is 12.4 Å². The normalized spacial score (nSPS) is 26.2. The van der Waals surface area contributed by atoms with Crippen molar-refractivity contribution < 1.29 is 43.0 Å². The first-order chi connectivity index (χ1) is 11.2. The minimum atomic E-state index is -0.983. The molecule has 1 aliphatic rings. The zero-order valence-corrected chi connectivity index (χ0v) is 13.9. The number of hydrogen-bond acceptors (Lipinski definition) is 9. The molecule has 1 aliphatic heterocycles. The molecule has 1 saturated heterocycles. The summed E-state index contributed by atoms with van der Waals surface area (Å²) in [6, 6.07) is 0. The number of esters is 3. The Balaban J connectivity index is 2.90. The highest BCUT2D eigenvalue weighted by Gasteiger charge is 2.44. The van der Waals surface area contributed by atoms with Gasteiger partial charge in [0.05, 0.1) is 0 Å². The van der Waals surface area contributed by atoms with Gasteiger partial charge in [0.1, 0.15) is 18.8 Å². The summed E-state index contributed by atoms with van der Waals surface area (Å²) in [6.07, 6.45) is -3.78. The molecule has 1 N–H and O–H groups in total. The van der Waals surface area contributed by atoms with Crippen molar-refractivity contribution in [3.63, 3.8) is 0 Å². The number of carbonyl (C=O) groups is 4. The minimum Gasteiger partial charge on any atom is -0.463 e. The summed E-state index contributed by atoms with van der Waals surface area (Å²) >= 11 is 0. The third-order valence-electron chi connectivity index (χ3n) is 2.89. The third-order valence-corrected chi connectivity index (χ3v) is 2.89. The van der Waals surface area contributed by atoms with Crippen molar-refractivity contribution in [2.45, 2.75) is 58.7 Å². The Morgan fingerprint density at radius 2 is 1.62 bits per heavy atom. The van der Waals surface area contributed by atoms with Gasteiger partial charge in [0.25, 0.3) is 0 Å². The van der Waals surface area contributed by atoms with Crippen molar-refractivity contribution in [1.82, 2.24) is 5.48 Å². The monoisotopic (exact) mass is 347 g/mol. The second kappa shape index (κ2) is 9.18. The molecule has 4 atom stereocenters. The molecule has 0 aromatic carbocycles. The van der Waals surface area contributed by atoms with Crippen molar-refractivity contribution in [1.29, 1.82) is 0 Å². The van der Waals surface area contributed by atoms with Crippen molar-refractivity contribution in [2.24, 2.45) is 0 Å². The van der Waals surface area contributed by atoms with Crippen molar-refractivity contribution in [3.05, 3.63) is 0 Å². The van der Waals surface area contributed by atoms with Crippen molar-refractivity contribution in [2.75, 3.05) is 6.61 Å². The maximum absolute atomic E-state index is 11.3. The number of amides is 1. The van der Waals surface area contributed by atoms with Crippen LogP contribution in [0.2, 0.25) is 0 Å². The average molecular weight is 347 g/mol. The topological polar surface area (TPSA) is 126 Å². The summed E-state index contributed by atoms with van der Waals surface area (Å²) in [5.74, 6) is -2.23. The third kappa shape index (κ3) is 6.92. The number of hydroxylamine groups is 1. The van der Waals surface area contributed by atoms with Crippen LogP contribution in [0, 0.1) is 0 Å². The molecule has 0 radical (unpaired) electrons. The number of carbonyl (C=O) groups excluding carboxylic acids is 4. The molecule has 0 aromatic rings. The van der Waals surface area contributed by atoms with Crippen molar-refractivity contribution in [3.8, 4) is 0 Å². The molecule has 1 amide bonds. The first kappa shape index (κ1) is 19.8. The lowest BCUT2D eigenvalue weighted by atomic mass is 10.0. The van der Waals surface area contributed by atoms with Gasteiger partial charge in [-0.1, -0.05) is 0 Å². The van der Waals surface area contributed by atoms with E-state index < -0.39 is 48.4 Å². The van der Waals surface area contributed by atoms with Crippen LogP contribution < -0.4 is 5.48 Å². The van der Waals surface area contributed by atoms with E-state index in [1.807, 2.05) is 0 Å². The Bertz CT molecular complexity index is 493. The lowest BCUT2D eigenvalue weighted by Gasteiger charge is -2.39. The summed E-state index contributed by atoms with van der Waals surface area (Å²) in [5.41, 5.74) is 2.11. The summed E-state index contributed by atoms with van der Waals surface area (Å²) in [4.78, 5) is 49.6. The second-order valence-electron chi connectivity index (χ2n) is 5.14. The van der Waals surface area contributed by atoms with E-state index in [4.69, 9.17) is 23.8 Å². The van der Waals surface area contributed by atoms with Crippen LogP contribution in [0.15, 0.2) is 0 Å². The highest BCUT2D eigenvalue weighted by Crippen LogP contribution is 2.26. The molecule has 136 valence electrons. The Morgan fingerprint density at radius 3 is 2.12 bits per heavy atom. The largest absolute Gasteiger partial charge is 0.463 e. The van der Waals surface area contributed by atoms with Crippen LogP contribution in [0.1, 0.15) is 34.1 Å². The quantitative estimate of drug-likeness (QED) is 0.388. The van der Waals surface area contributed by atoms with E-state index in [0.717, 1.165) is 0 Å². The fourth-order valence-corrected chi connectivity index (χ4v) is 2.12. The maximum atomic E-state index is 11.3. The fourth-order valence-electron chi connectivity index (χ4n) is 2.12. The molecule has 0 saturated carbocycles. The van der Waals surface area contributed by atoms with E-state index >= 15 is 0 Å². The maximum Gasteiger partial charge on any atom is 0.303 e. The van der Waals surface area contributed by atoms with E-state index in [-0.39, 0.29) is 13.0 Å². The van der Waals surface area contributed by atoms with E-state index in [0.29, 0.717) is 0 Å². The van der Waals surface area contributed by atoms with E-state index in [1.165, 1.54) is 27.7 Å². The van der Waals surface area contributed by atoms with Crippen LogP contribution in [0.3, 0.4) is 0 Å². The molecule has 1 rings (SSSR count). The van der Waals surface area contributed by atoms with Crippen molar-refractivity contribution >= 4 is 23.8 Å². The summed E-state index contributed by atoms with van der Waals surface area (Å²) in [5, 5.41) is 0. The first-order valence-corrected chi connectivity index (χ1v) is 7.24. The Morgan fingerprint density at radius 1 is 1.00 bits per heavy atom. The number of nitrogens with one attached hydrogen (secondary N) is 1. The smallest absolute Gasteiger partial charge is 0.303 e. The zero-order chi connectivity index (χ0) is 18.3. The first-order valence-electron chi connectivity index (χ1n) is 7.24. The molecule has 1 fully saturated rings. The predicted molar refractivity (Wildman–Crippen MR) is 75.9 cm³/mol. The Labute approximate surface area is 138 Å². The van der Waals surface area contributed by atoms with Gasteiger partial charge >= 0.3 is 17.9 Å². The highest BCUT2D eigenvalue weighted by molar-refractivity contribution is 5.71. The summed E-state index contributed by atoms with van der Waals surface area (Å²) in [7, 11) is 0. The predicted octanol–water partition coefficient (Wildman–Crippen LogP) is -0.404. The number of ether oxygens (including phenoxy) is 4. The SMILES string of the molecule is CC(=O)NO[C@H]1C[C@@H](OC(C)=O)[C@H](OC(C)=O)[C@@H](COC(C)=O)O1. The molecule has 10 heteroatoms. The fraction of sp³-hybridized carbons (Fsp3) is 0.714. The van der Waals surface area contributed by atoms with Crippen LogP contribution in [-0.4, -0.2) is 55.0 Å². The molecule has 10 nitrogen and oxygen atoms in total. The minimum absolute atomic E-state index is 0.00831. The molecule has 24 heavy (non-hydrogen) atoms. The molecule has 0 bridgehead atoms. The van der Waals surface area contributed by atoms with Crippen LogP contribution >= 0.6 is 0 Å². The van der Waals surface area contributed by atoms with Gasteiger partial charge in [-0.05, 0) is 0 Å². The lowest BCUT2D eigenvalue weighted by Crippen LogP contribution is -2.55. The molecule has 0 spiro atoms. The van der Waals surface area contributed by atoms with Gasteiger partial charge in [0.2, 0.25) is 5.91 Å². The van der Waals surface area contributed by atoms with Gasteiger partial charge in [-0.15, -0.1) is 0 Å². The van der Waals surface area contributed by atoms with Gasteiger partial charge in [0, 0.05) is 34.1 Å². The van der Waals surface area contributed by atoms with Crippen LogP contribution in [0.4, 0.5) is 0 Å². The van der Waals surface area contributed by atoms with Gasteiger partial charge in [-0.3, -0.25) is 19.2 Å². The standard InChI is InChI=1S/C14H21NO9/c1-7(16)15-24-13-5-11(21-9(3)18)14(22-10(4)19)12(23-13)6-20-8(2)17/h11-14H,5-6H2,1-4H3,(H,15,16)/t11-,12-,13+,14+/m1/s1. The Kier molecular flexibility index (Phi) is 7.59. The molecule has 0 aromatic heterocycles. The molecular weight excluding hydrogens is 326 g/mol. The number of rotatable bonds is 6. The molecule has 0 unspecified atom stereocenters. The average Bonchev–Trinajstić information content (AvgIpc) is 2.44. The molecule has 0 aliphatic carbocycles. The zero-order valence-electron chi connectivity index (χ0n) is 13.9.